The van der Waals surface area contributed by atoms with Crippen molar-refractivity contribution in [3.05, 3.63) is 28.3 Å². The van der Waals surface area contributed by atoms with Crippen LogP contribution in [0.3, 0.4) is 0 Å². The molecule has 0 saturated heterocycles. The number of aromatic hydroxyl groups is 1. The molecule has 0 spiro atoms. The number of nitro benzene ring substituents is 1. The summed E-state index contributed by atoms with van der Waals surface area (Å²) in [6, 6.07) is 3.50. The summed E-state index contributed by atoms with van der Waals surface area (Å²) in [7, 11) is 0. The van der Waals surface area contributed by atoms with E-state index >= 15 is 0 Å². The van der Waals surface area contributed by atoms with Crippen molar-refractivity contribution in [1.82, 2.24) is 0 Å². The second-order valence-electron chi connectivity index (χ2n) is 3.50. The highest BCUT2D eigenvalue weighted by Gasteiger charge is 2.19. The zero-order valence-electron chi connectivity index (χ0n) is 9.01. The van der Waals surface area contributed by atoms with Crippen LogP contribution >= 0.6 is 11.6 Å². The molecule has 2 N–H and O–H groups in total. The number of rotatable bonds is 4. The van der Waals surface area contributed by atoms with Crippen LogP contribution in [-0.4, -0.2) is 21.8 Å². The third-order valence-corrected chi connectivity index (χ3v) is 2.58. The lowest BCUT2D eigenvalue weighted by Crippen LogP contribution is -2.21. The maximum Gasteiger partial charge on any atom is 0.296 e. The molecule has 0 saturated carbocycles. The Morgan fingerprint density at radius 1 is 1.65 bits per heavy atom. The molecule has 1 unspecified atom stereocenters. The van der Waals surface area contributed by atoms with Gasteiger partial charge in [-0.3, -0.25) is 14.9 Å². The molecule has 0 fully saturated rings. The molecule has 1 atom stereocenters. The van der Waals surface area contributed by atoms with Crippen molar-refractivity contribution < 1.29 is 14.8 Å². The molecule has 1 aromatic carbocycles. The third kappa shape index (κ3) is 3.32. The van der Waals surface area contributed by atoms with Crippen molar-refractivity contribution in [2.24, 2.45) is 5.92 Å². The van der Waals surface area contributed by atoms with E-state index in [0.29, 0.717) is 0 Å². The summed E-state index contributed by atoms with van der Waals surface area (Å²) in [5.74, 6) is -0.975. The Kier molecular flexibility index (Phi) is 4.28. The Bertz CT molecular complexity index is 450. The molecule has 0 heterocycles. The summed E-state index contributed by atoms with van der Waals surface area (Å²) in [4.78, 5) is 21.6. The van der Waals surface area contributed by atoms with Gasteiger partial charge < -0.3 is 10.4 Å². The summed E-state index contributed by atoms with van der Waals surface area (Å²) >= 11 is 5.51. The molecule has 0 aliphatic carbocycles. The lowest BCUT2D eigenvalue weighted by Gasteiger charge is -2.09. The zero-order chi connectivity index (χ0) is 13.0. The number of hydrogen-bond donors (Lipinski definition) is 2. The summed E-state index contributed by atoms with van der Waals surface area (Å²) in [6.07, 6.45) is 0. The fourth-order valence-electron chi connectivity index (χ4n) is 1.10. The van der Waals surface area contributed by atoms with Gasteiger partial charge in [0.05, 0.1) is 11.0 Å². The molecule has 0 aliphatic heterocycles. The highest BCUT2D eigenvalue weighted by Crippen LogP contribution is 2.28. The van der Waals surface area contributed by atoms with Crippen LogP contribution < -0.4 is 5.32 Å². The van der Waals surface area contributed by atoms with Crippen molar-refractivity contribution in [1.29, 1.82) is 0 Å². The Balaban J connectivity index is 2.98. The minimum absolute atomic E-state index is 0.0368. The predicted molar refractivity (Wildman–Crippen MR) is 63.3 cm³/mol. The van der Waals surface area contributed by atoms with Gasteiger partial charge in [-0.25, -0.2) is 0 Å². The summed E-state index contributed by atoms with van der Waals surface area (Å²) < 4.78 is 0. The van der Waals surface area contributed by atoms with Crippen molar-refractivity contribution >= 4 is 28.9 Å². The van der Waals surface area contributed by atoms with Gasteiger partial charge in [-0.1, -0.05) is 6.92 Å². The normalized spacial score (nSPS) is 11.9. The van der Waals surface area contributed by atoms with Gasteiger partial charge in [0.15, 0.2) is 0 Å². The molecule has 0 bridgehead atoms. The van der Waals surface area contributed by atoms with Crippen LogP contribution in [0.25, 0.3) is 0 Å². The Labute approximate surface area is 102 Å². The average Bonchev–Trinajstić information content (AvgIpc) is 2.29. The summed E-state index contributed by atoms with van der Waals surface area (Å²) in [5, 5.41) is 22.2. The second kappa shape index (κ2) is 5.49. The quantitative estimate of drug-likeness (QED) is 0.374. The number of amides is 1. The number of halogens is 1. The molecule has 0 aliphatic rings. The van der Waals surface area contributed by atoms with E-state index in [1.807, 2.05) is 0 Å². The van der Waals surface area contributed by atoms with E-state index in [2.05, 4.69) is 5.32 Å². The van der Waals surface area contributed by atoms with Gasteiger partial charge in [0.25, 0.3) is 5.69 Å². The molecular formula is C10H11ClN2O4. The number of carbonyl (C=O) groups excluding carboxylic acids is 1. The van der Waals surface area contributed by atoms with Crippen LogP contribution in [-0.2, 0) is 4.79 Å². The van der Waals surface area contributed by atoms with Crippen LogP contribution in [0.1, 0.15) is 6.92 Å². The summed E-state index contributed by atoms with van der Waals surface area (Å²) in [6.45, 7) is 1.61. The van der Waals surface area contributed by atoms with E-state index in [1.165, 1.54) is 12.1 Å². The van der Waals surface area contributed by atoms with Crippen LogP contribution in [0, 0.1) is 16.0 Å². The number of anilines is 1. The number of nitrogens with one attached hydrogen (secondary N) is 1. The molecular weight excluding hydrogens is 248 g/mol. The van der Waals surface area contributed by atoms with E-state index in [-0.39, 0.29) is 23.0 Å². The van der Waals surface area contributed by atoms with Crippen molar-refractivity contribution in [3.8, 4) is 5.75 Å². The number of nitro groups is 1. The molecule has 92 valence electrons. The number of nitrogens with zero attached hydrogens (tertiary/aromatic N) is 1. The van der Waals surface area contributed by atoms with Gasteiger partial charge >= 0.3 is 0 Å². The molecule has 6 nitrogen and oxygen atoms in total. The van der Waals surface area contributed by atoms with Gasteiger partial charge in [-0.15, -0.1) is 11.6 Å². The Morgan fingerprint density at radius 3 is 2.82 bits per heavy atom. The van der Waals surface area contributed by atoms with Gasteiger partial charge in [-0.05, 0) is 12.1 Å². The predicted octanol–water partition coefficient (Wildman–Crippen LogP) is 2.11. The smallest absolute Gasteiger partial charge is 0.296 e. The Morgan fingerprint density at radius 2 is 2.29 bits per heavy atom. The first kappa shape index (κ1) is 13.2. The molecule has 1 aromatic rings. The van der Waals surface area contributed by atoms with Crippen molar-refractivity contribution in [2.75, 3.05) is 11.2 Å². The zero-order valence-corrected chi connectivity index (χ0v) is 9.77. The van der Waals surface area contributed by atoms with E-state index < -0.39 is 16.7 Å². The standard InChI is InChI=1S/C10H11ClN2O4/c1-6(5-11)10(15)12-8-3-2-7(14)4-9(8)13(16)17/h2-4,6,14H,5H2,1H3,(H,12,15). The van der Waals surface area contributed by atoms with E-state index in [9.17, 15) is 14.9 Å². The molecule has 1 amide bonds. The van der Waals surface area contributed by atoms with Gasteiger partial charge in [-0.2, -0.15) is 0 Å². The number of alkyl halides is 1. The third-order valence-electron chi connectivity index (χ3n) is 2.11. The van der Waals surface area contributed by atoms with E-state index in [4.69, 9.17) is 16.7 Å². The van der Waals surface area contributed by atoms with E-state index in [1.54, 1.807) is 6.92 Å². The van der Waals surface area contributed by atoms with Crippen LogP contribution in [0.5, 0.6) is 5.75 Å². The average molecular weight is 259 g/mol. The maximum absolute atomic E-state index is 11.5. The van der Waals surface area contributed by atoms with Crippen LogP contribution in [0.2, 0.25) is 0 Å². The second-order valence-corrected chi connectivity index (χ2v) is 3.81. The van der Waals surface area contributed by atoms with Crippen molar-refractivity contribution in [3.63, 3.8) is 0 Å². The minimum atomic E-state index is -0.680. The number of benzene rings is 1. The molecule has 7 heteroatoms. The fourth-order valence-corrected chi connectivity index (χ4v) is 1.24. The monoisotopic (exact) mass is 258 g/mol. The number of hydrogen-bond acceptors (Lipinski definition) is 4. The number of phenols is 1. The Hall–Kier alpha value is -1.82. The number of carbonyl (C=O) groups is 1. The fraction of sp³-hybridized carbons (Fsp3) is 0.300. The molecule has 0 radical (unpaired) electrons. The van der Waals surface area contributed by atoms with Crippen LogP contribution in [0.15, 0.2) is 18.2 Å². The topological polar surface area (TPSA) is 92.5 Å². The molecule has 1 rings (SSSR count). The van der Waals surface area contributed by atoms with Crippen LogP contribution in [0.4, 0.5) is 11.4 Å². The molecule has 0 aromatic heterocycles. The first-order valence-electron chi connectivity index (χ1n) is 4.80. The van der Waals surface area contributed by atoms with Gasteiger partial charge in [0.2, 0.25) is 5.91 Å². The minimum Gasteiger partial charge on any atom is -0.508 e. The lowest BCUT2D eigenvalue weighted by atomic mass is 10.2. The lowest BCUT2D eigenvalue weighted by molar-refractivity contribution is -0.384. The first-order chi connectivity index (χ1) is 7.95. The maximum atomic E-state index is 11.5. The summed E-state index contributed by atoms with van der Waals surface area (Å²) in [5.41, 5.74) is -0.324. The molecule has 17 heavy (non-hydrogen) atoms. The van der Waals surface area contributed by atoms with E-state index in [0.717, 1.165) is 6.07 Å². The SMILES string of the molecule is CC(CCl)C(=O)Nc1ccc(O)cc1[N+](=O)[O-]. The van der Waals surface area contributed by atoms with Gasteiger partial charge in [0, 0.05) is 11.8 Å². The highest BCUT2D eigenvalue weighted by molar-refractivity contribution is 6.19. The highest BCUT2D eigenvalue weighted by atomic mass is 35.5. The first-order valence-corrected chi connectivity index (χ1v) is 5.33. The van der Waals surface area contributed by atoms with Crippen molar-refractivity contribution in [2.45, 2.75) is 6.92 Å². The number of phenolic OH excluding ortho intramolecular Hbond substituents is 1. The largest absolute Gasteiger partial charge is 0.508 e. The van der Waals surface area contributed by atoms with Gasteiger partial charge in [0.1, 0.15) is 11.4 Å².